The van der Waals surface area contributed by atoms with Crippen LogP contribution in [0.3, 0.4) is 0 Å². The minimum Gasteiger partial charge on any atom is -0.103 e. The molecule has 0 bridgehead atoms. The second-order valence-corrected chi connectivity index (χ2v) is 6.98. The molecule has 0 aromatic heterocycles. The lowest BCUT2D eigenvalue weighted by Crippen LogP contribution is -2.19. The van der Waals surface area contributed by atoms with Gasteiger partial charge in [0, 0.05) is 0 Å². The maximum Gasteiger partial charge on any atom is -0.0104 e. The van der Waals surface area contributed by atoms with Gasteiger partial charge in [0.2, 0.25) is 0 Å². The topological polar surface area (TPSA) is 0 Å². The molecule has 0 aromatic rings. The Morgan fingerprint density at radius 3 is 2.22 bits per heavy atom. The third-order valence-corrected chi connectivity index (χ3v) is 4.23. The summed E-state index contributed by atoms with van der Waals surface area (Å²) in [7, 11) is 0. The first-order chi connectivity index (χ1) is 10.8. The Morgan fingerprint density at radius 1 is 1.09 bits per heavy atom. The Balaban J connectivity index is 0.00000149. The predicted octanol–water partition coefficient (Wildman–Crippen LogP) is 7.73. The molecule has 0 heteroatoms. The van der Waals surface area contributed by atoms with Gasteiger partial charge in [0.15, 0.2) is 0 Å². The first kappa shape index (κ1) is 21.4. The van der Waals surface area contributed by atoms with Gasteiger partial charge >= 0.3 is 0 Å². The lowest BCUT2D eigenvalue weighted by Gasteiger charge is -2.32. The summed E-state index contributed by atoms with van der Waals surface area (Å²) in [5, 5.41) is 0. The Bertz CT molecular complexity index is 516. The molecule has 1 aliphatic rings. The largest absolute Gasteiger partial charge is 0.103 e. The van der Waals surface area contributed by atoms with E-state index >= 15 is 0 Å². The molecule has 0 amide bonds. The van der Waals surface area contributed by atoms with E-state index in [4.69, 9.17) is 0 Å². The van der Waals surface area contributed by atoms with E-state index in [2.05, 4.69) is 84.6 Å². The van der Waals surface area contributed by atoms with E-state index in [1.165, 1.54) is 36.0 Å². The SMILES string of the molecule is C=CC.C\C=C(C)/C=C/C=C(C)/C=C/C1=C(C)CCCC1(C)C. The second-order valence-electron chi connectivity index (χ2n) is 6.98. The second kappa shape index (κ2) is 11.0. The molecule has 0 saturated heterocycles. The highest BCUT2D eigenvalue weighted by Crippen LogP contribution is 2.40. The van der Waals surface area contributed by atoms with Crippen molar-refractivity contribution in [1.29, 1.82) is 0 Å². The maximum absolute atomic E-state index is 3.36. The molecule has 0 saturated carbocycles. The van der Waals surface area contributed by atoms with Crippen LogP contribution in [0.25, 0.3) is 0 Å². The molecule has 0 N–H and O–H groups in total. The van der Waals surface area contributed by atoms with Crippen LogP contribution in [0.1, 0.15) is 67.7 Å². The Hall–Kier alpha value is -1.56. The molecule has 1 rings (SSSR count). The zero-order valence-electron chi connectivity index (χ0n) is 16.4. The molecule has 1 aliphatic carbocycles. The third kappa shape index (κ3) is 8.59. The van der Waals surface area contributed by atoms with Gasteiger partial charge in [-0.25, -0.2) is 0 Å². The standard InChI is InChI=1S/C20H30.C3H6/c1-7-16(2)10-8-11-17(3)13-14-19-18(4)12-9-15-20(19,5)6;1-3-2/h7-8,10-11,13-14H,9,12,15H2,1-6H3;3H,1H2,2H3/b10-8+,14-13+,16-7-,17-11+;. The van der Waals surface area contributed by atoms with Gasteiger partial charge in [0.25, 0.3) is 0 Å². The van der Waals surface area contributed by atoms with Crippen LogP contribution >= 0.6 is 0 Å². The smallest absolute Gasteiger partial charge is 0.0104 e. The number of hydrogen-bond acceptors (Lipinski definition) is 0. The Labute approximate surface area is 145 Å². The van der Waals surface area contributed by atoms with Crippen LogP contribution in [0.5, 0.6) is 0 Å². The van der Waals surface area contributed by atoms with Crippen molar-refractivity contribution in [2.24, 2.45) is 5.41 Å². The third-order valence-electron chi connectivity index (χ3n) is 4.23. The molecule has 0 nitrogen and oxygen atoms in total. The number of hydrogen-bond donors (Lipinski definition) is 0. The molecule has 0 unspecified atom stereocenters. The summed E-state index contributed by atoms with van der Waals surface area (Å²) in [5.74, 6) is 0. The summed E-state index contributed by atoms with van der Waals surface area (Å²) in [6.45, 7) is 18.6. The van der Waals surface area contributed by atoms with Crippen LogP contribution < -0.4 is 0 Å². The van der Waals surface area contributed by atoms with E-state index in [1.807, 2.05) is 6.92 Å². The minimum absolute atomic E-state index is 0.330. The highest BCUT2D eigenvalue weighted by atomic mass is 14.3. The maximum atomic E-state index is 3.36. The average Bonchev–Trinajstić information content (AvgIpc) is 2.46. The molecule has 23 heavy (non-hydrogen) atoms. The normalized spacial score (nSPS) is 19.1. The van der Waals surface area contributed by atoms with E-state index in [-0.39, 0.29) is 0 Å². The first-order valence-corrected chi connectivity index (χ1v) is 8.71. The van der Waals surface area contributed by atoms with Crippen LogP contribution in [0, 0.1) is 5.41 Å². The summed E-state index contributed by atoms with van der Waals surface area (Å²) >= 11 is 0. The summed E-state index contributed by atoms with van der Waals surface area (Å²) in [5.41, 5.74) is 6.02. The molecule has 128 valence electrons. The number of allylic oxidation sites excluding steroid dienone is 11. The van der Waals surface area contributed by atoms with Crippen molar-refractivity contribution in [2.45, 2.75) is 67.7 Å². The zero-order chi connectivity index (χ0) is 17.9. The molecule has 0 spiro atoms. The van der Waals surface area contributed by atoms with E-state index < -0.39 is 0 Å². The van der Waals surface area contributed by atoms with Crippen LogP contribution in [-0.2, 0) is 0 Å². The van der Waals surface area contributed by atoms with Gasteiger partial charge in [-0.3, -0.25) is 0 Å². The highest BCUT2D eigenvalue weighted by molar-refractivity contribution is 5.37. The van der Waals surface area contributed by atoms with Crippen molar-refractivity contribution in [3.8, 4) is 0 Å². The lowest BCUT2D eigenvalue weighted by molar-refractivity contribution is 0.377. The summed E-state index contributed by atoms with van der Waals surface area (Å²) < 4.78 is 0. The fourth-order valence-corrected chi connectivity index (χ4v) is 2.73. The van der Waals surface area contributed by atoms with Crippen molar-refractivity contribution in [3.63, 3.8) is 0 Å². The molecule has 0 fully saturated rings. The van der Waals surface area contributed by atoms with Crippen LogP contribution in [0.15, 0.2) is 71.4 Å². The van der Waals surface area contributed by atoms with Crippen molar-refractivity contribution in [3.05, 3.63) is 71.4 Å². The molecule has 0 heterocycles. The summed E-state index contributed by atoms with van der Waals surface area (Å²) in [6.07, 6.45) is 18.8. The van der Waals surface area contributed by atoms with Gasteiger partial charge < -0.3 is 0 Å². The van der Waals surface area contributed by atoms with Crippen molar-refractivity contribution >= 4 is 0 Å². The molecular weight excluding hydrogens is 276 g/mol. The highest BCUT2D eigenvalue weighted by Gasteiger charge is 2.26. The molecule has 0 aromatic carbocycles. The van der Waals surface area contributed by atoms with E-state index in [0.29, 0.717) is 5.41 Å². The average molecular weight is 313 g/mol. The monoisotopic (exact) mass is 312 g/mol. The van der Waals surface area contributed by atoms with E-state index in [1.54, 1.807) is 11.6 Å². The van der Waals surface area contributed by atoms with Crippen molar-refractivity contribution < 1.29 is 0 Å². The summed E-state index contributed by atoms with van der Waals surface area (Å²) in [6, 6.07) is 0. The lowest BCUT2D eigenvalue weighted by atomic mass is 9.72. The van der Waals surface area contributed by atoms with Gasteiger partial charge in [0.1, 0.15) is 0 Å². The minimum atomic E-state index is 0.330. The Morgan fingerprint density at radius 2 is 1.70 bits per heavy atom. The van der Waals surface area contributed by atoms with Gasteiger partial charge in [-0.15, -0.1) is 6.58 Å². The Kier molecular flexibility index (Phi) is 10.3. The molecular formula is C23H36. The quantitative estimate of drug-likeness (QED) is 0.368. The predicted molar refractivity (Wildman–Crippen MR) is 108 cm³/mol. The molecule has 0 atom stereocenters. The van der Waals surface area contributed by atoms with E-state index in [9.17, 15) is 0 Å². The fourth-order valence-electron chi connectivity index (χ4n) is 2.73. The molecule has 0 radical (unpaired) electrons. The zero-order valence-corrected chi connectivity index (χ0v) is 16.4. The van der Waals surface area contributed by atoms with Crippen molar-refractivity contribution in [1.82, 2.24) is 0 Å². The van der Waals surface area contributed by atoms with Crippen molar-refractivity contribution in [2.75, 3.05) is 0 Å². The van der Waals surface area contributed by atoms with Crippen LogP contribution in [0.4, 0.5) is 0 Å². The van der Waals surface area contributed by atoms with Gasteiger partial charge in [0.05, 0.1) is 0 Å². The molecule has 0 aliphatic heterocycles. The first-order valence-electron chi connectivity index (χ1n) is 8.71. The van der Waals surface area contributed by atoms with Gasteiger partial charge in [-0.2, -0.15) is 0 Å². The van der Waals surface area contributed by atoms with Gasteiger partial charge in [-0.1, -0.05) is 73.1 Å². The summed E-state index contributed by atoms with van der Waals surface area (Å²) in [4.78, 5) is 0. The fraction of sp³-hybridized carbons (Fsp3) is 0.478. The number of rotatable bonds is 4. The van der Waals surface area contributed by atoms with E-state index in [0.717, 1.165) is 0 Å². The van der Waals surface area contributed by atoms with Crippen LogP contribution in [-0.4, -0.2) is 0 Å². The van der Waals surface area contributed by atoms with Crippen LogP contribution in [0.2, 0.25) is 0 Å². The van der Waals surface area contributed by atoms with Gasteiger partial charge in [-0.05, 0) is 64.9 Å².